The SMILES string of the molecule is CN(C)C=O.CN(C)C=O.O=[N+]([O-])[O-].O=[N+]([O-])[O-].O=[N+]([O-])[O-].O=[N+]([O-])[O-].[Cu+2].[Cu+2].c1ccc(OCCn2cnc3ccccc32)c(OCCn2cnc3ccccc32)c1.c1ccc(OCCn2cnc3ccccc32)c(OCCn2cnc3ccccc32)c1. The van der Waals surface area contributed by atoms with Gasteiger partial charge < -0.3 is 108 Å². The molecule has 0 aliphatic rings. The van der Waals surface area contributed by atoms with E-state index in [9.17, 15) is 9.59 Å². The van der Waals surface area contributed by atoms with E-state index in [1.165, 1.54) is 9.80 Å². The molecule has 0 unspecified atom stereocenters. The zero-order chi connectivity index (χ0) is 63.2. The standard InChI is InChI=1S/2C24H22N4O2.2C3H7NO.2Cu.4NO3/c2*1-3-9-21-19(7-1)25-17-27(21)13-15-29-23-11-5-6-12-24(23)30-16-14-28-18-26-20-8-2-4-10-22(20)28;2*1-4(2)3-5;;;4*2-1(3)4/h2*1-12,17-18H,13-16H2;2*3H,1-2H3;;;;;;/q;;;;2*+2;4*-1. The molecule has 0 atom stereocenters. The number of rotatable bonds is 18. The van der Waals surface area contributed by atoms with E-state index in [1.54, 1.807) is 28.2 Å². The largest absolute Gasteiger partial charge is 2.00 e. The minimum atomic E-state index is -1.75. The van der Waals surface area contributed by atoms with Gasteiger partial charge in [0.1, 0.15) is 26.4 Å². The Morgan fingerprint density at radius 1 is 0.352 bits per heavy atom. The number of hydrogen-bond acceptors (Lipinski definition) is 22. The van der Waals surface area contributed by atoms with Crippen LogP contribution in [0.4, 0.5) is 0 Å². The summed E-state index contributed by atoms with van der Waals surface area (Å²) in [5.74, 6) is 2.99. The number of fused-ring (bicyclic) bond motifs is 4. The first-order chi connectivity index (χ1) is 41.2. The van der Waals surface area contributed by atoms with Gasteiger partial charge in [0.2, 0.25) is 12.8 Å². The van der Waals surface area contributed by atoms with Crippen molar-refractivity contribution in [3.8, 4) is 23.0 Å². The van der Waals surface area contributed by atoms with Gasteiger partial charge in [-0.15, -0.1) is 0 Å². The summed E-state index contributed by atoms with van der Waals surface area (Å²) in [5, 5.41) is 59.0. The van der Waals surface area contributed by atoms with Crippen molar-refractivity contribution < 1.29 is 83.0 Å². The fourth-order valence-corrected chi connectivity index (χ4v) is 7.15. The Morgan fingerprint density at radius 3 is 0.682 bits per heavy atom. The van der Waals surface area contributed by atoms with E-state index in [0.717, 1.165) is 106 Å². The molecule has 34 heteroatoms. The van der Waals surface area contributed by atoms with E-state index < -0.39 is 20.3 Å². The van der Waals surface area contributed by atoms with Gasteiger partial charge in [-0.1, -0.05) is 72.8 Å². The maximum Gasteiger partial charge on any atom is 2.00 e. The summed E-state index contributed by atoms with van der Waals surface area (Å²) in [6, 6.07) is 48.0. The fraction of sp³-hybridized carbons (Fsp3) is 0.222. The summed E-state index contributed by atoms with van der Waals surface area (Å²) in [5.41, 5.74) is 8.41. The normalized spacial score (nSPS) is 9.50. The number of benzene rings is 6. The maximum atomic E-state index is 9.43. The molecule has 10 rings (SSSR count). The summed E-state index contributed by atoms with van der Waals surface area (Å²) >= 11 is 0. The average molecular weight is 1320 g/mol. The maximum absolute atomic E-state index is 9.43. The Morgan fingerprint density at radius 2 is 0.511 bits per heavy atom. The monoisotopic (exact) mass is 1320 g/mol. The molecule has 474 valence electrons. The van der Waals surface area contributed by atoms with Crippen LogP contribution in [0, 0.1) is 61.3 Å². The van der Waals surface area contributed by atoms with Crippen molar-refractivity contribution in [3.05, 3.63) is 232 Å². The second kappa shape index (κ2) is 42.1. The van der Waals surface area contributed by atoms with Crippen LogP contribution in [0.25, 0.3) is 44.1 Å². The molecule has 88 heavy (non-hydrogen) atoms. The molecule has 10 aromatic rings. The Labute approximate surface area is 521 Å². The van der Waals surface area contributed by atoms with Crippen LogP contribution in [-0.4, -0.2) is 136 Å². The Bertz CT molecular complexity index is 3190. The van der Waals surface area contributed by atoms with Crippen molar-refractivity contribution in [2.45, 2.75) is 26.2 Å². The van der Waals surface area contributed by atoms with E-state index in [2.05, 4.69) is 62.5 Å². The van der Waals surface area contributed by atoms with Crippen molar-refractivity contribution in [1.29, 1.82) is 0 Å². The molecule has 4 heterocycles. The number of carbonyl (C=O) groups is 2. The third kappa shape index (κ3) is 29.1. The van der Waals surface area contributed by atoms with Crippen molar-refractivity contribution in [2.24, 2.45) is 0 Å². The van der Waals surface area contributed by atoms with Crippen LogP contribution in [0.15, 0.2) is 171 Å². The number of imidazole rings is 4. The summed E-state index contributed by atoms with van der Waals surface area (Å²) < 4.78 is 32.5. The van der Waals surface area contributed by atoms with Gasteiger partial charge in [0.05, 0.1) is 116 Å². The number of ether oxygens (including phenoxy) is 4. The van der Waals surface area contributed by atoms with Gasteiger partial charge in [-0.3, -0.25) is 9.59 Å². The molecule has 0 saturated heterocycles. The van der Waals surface area contributed by atoms with E-state index >= 15 is 0 Å². The van der Waals surface area contributed by atoms with Gasteiger partial charge in [-0.05, 0) is 72.8 Å². The van der Waals surface area contributed by atoms with Gasteiger partial charge in [0, 0.05) is 28.2 Å². The number of nitrogens with zero attached hydrogens (tertiary/aromatic N) is 14. The molecule has 2 amide bonds. The smallest absolute Gasteiger partial charge is 0.488 e. The van der Waals surface area contributed by atoms with Crippen molar-refractivity contribution in [3.63, 3.8) is 0 Å². The van der Waals surface area contributed by atoms with Crippen molar-refractivity contribution >= 4 is 57.0 Å². The fourth-order valence-electron chi connectivity index (χ4n) is 7.15. The summed E-state index contributed by atoms with van der Waals surface area (Å²) in [4.78, 5) is 72.4. The molecule has 0 aliphatic heterocycles. The molecule has 2 radical (unpaired) electrons. The molecule has 32 nitrogen and oxygen atoms in total. The molecule has 0 saturated carbocycles. The predicted molar refractivity (Wildman–Crippen MR) is 315 cm³/mol. The Balaban J connectivity index is 0.000000621. The third-order valence-corrected chi connectivity index (χ3v) is 10.6. The summed E-state index contributed by atoms with van der Waals surface area (Å²) in [6.45, 7) is 5.01. The van der Waals surface area contributed by atoms with Crippen LogP contribution >= 0.6 is 0 Å². The molecule has 0 N–H and O–H groups in total. The molecule has 0 bridgehead atoms. The predicted octanol–water partition coefficient (Wildman–Crippen LogP) is 7.54. The summed E-state index contributed by atoms with van der Waals surface area (Å²) in [6.07, 6.45) is 8.91. The summed E-state index contributed by atoms with van der Waals surface area (Å²) in [7, 11) is 6.75. The number of amides is 2. The van der Waals surface area contributed by atoms with E-state index in [1.807, 2.05) is 147 Å². The quantitative estimate of drug-likeness (QED) is 0.0346. The van der Waals surface area contributed by atoms with Crippen LogP contribution in [0.1, 0.15) is 0 Å². The van der Waals surface area contributed by atoms with Crippen LogP contribution in [0.2, 0.25) is 0 Å². The second-order valence-corrected chi connectivity index (χ2v) is 17.0. The van der Waals surface area contributed by atoms with Gasteiger partial charge in [-0.25, -0.2) is 19.9 Å². The molecule has 6 aromatic carbocycles. The Kier molecular flexibility index (Phi) is 35.9. The minimum absolute atomic E-state index is 0. The molecular formula is C54H58Cu2N14O18. The van der Waals surface area contributed by atoms with Crippen LogP contribution in [0.3, 0.4) is 0 Å². The van der Waals surface area contributed by atoms with E-state index in [-0.39, 0.29) is 34.1 Å². The van der Waals surface area contributed by atoms with Crippen molar-refractivity contribution in [1.82, 2.24) is 48.0 Å². The first kappa shape index (κ1) is 75.2. The minimum Gasteiger partial charge on any atom is -0.488 e. The zero-order valence-corrected chi connectivity index (χ0v) is 49.1. The van der Waals surface area contributed by atoms with E-state index in [0.29, 0.717) is 26.4 Å². The Hall–Kier alpha value is -10.8. The molecule has 0 spiro atoms. The molecule has 0 fully saturated rings. The van der Waals surface area contributed by atoms with Gasteiger partial charge in [0.25, 0.3) is 0 Å². The number of hydrogen-bond donors (Lipinski definition) is 0. The molecular weight excluding hydrogens is 1260 g/mol. The zero-order valence-electron chi connectivity index (χ0n) is 47.2. The van der Waals surface area contributed by atoms with Crippen LogP contribution < -0.4 is 18.9 Å². The van der Waals surface area contributed by atoms with E-state index in [4.69, 9.17) is 80.2 Å². The van der Waals surface area contributed by atoms with Crippen LogP contribution in [0.5, 0.6) is 23.0 Å². The topological polar surface area (TPSA) is 414 Å². The first-order valence-electron chi connectivity index (χ1n) is 25.0. The van der Waals surface area contributed by atoms with Crippen molar-refractivity contribution in [2.75, 3.05) is 54.6 Å². The van der Waals surface area contributed by atoms with Crippen LogP contribution in [-0.2, 0) is 69.9 Å². The number of aromatic nitrogens is 8. The average Bonchev–Trinajstić information content (AvgIpc) is 3.82. The molecule has 4 aromatic heterocycles. The van der Waals surface area contributed by atoms with Gasteiger partial charge in [-0.2, -0.15) is 0 Å². The van der Waals surface area contributed by atoms with Gasteiger partial charge >= 0.3 is 34.1 Å². The number of para-hydroxylation sites is 12. The number of carbonyl (C=O) groups excluding carboxylic acids is 2. The third-order valence-electron chi connectivity index (χ3n) is 10.6. The van der Waals surface area contributed by atoms with Gasteiger partial charge in [0.15, 0.2) is 23.0 Å². The molecule has 0 aliphatic carbocycles. The first-order valence-corrected chi connectivity index (χ1v) is 25.0. The second-order valence-electron chi connectivity index (χ2n) is 17.0.